The number of hydrogen-bond donors (Lipinski definition) is 0. The molecule has 11 heavy (non-hydrogen) atoms. The van der Waals surface area contributed by atoms with Crippen LogP contribution in [0, 0.1) is 0 Å². The van der Waals surface area contributed by atoms with Crippen LogP contribution in [0.25, 0.3) is 0 Å². The van der Waals surface area contributed by atoms with Gasteiger partial charge in [0.15, 0.2) is 0 Å². The van der Waals surface area contributed by atoms with Crippen LogP contribution in [0.1, 0.15) is 0 Å². The van der Waals surface area contributed by atoms with Crippen molar-refractivity contribution in [2.75, 3.05) is 12.2 Å². The van der Waals surface area contributed by atoms with E-state index in [-0.39, 0.29) is 6.09 Å². The van der Waals surface area contributed by atoms with Gasteiger partial charge in [0.25, 0.3) is 0 Å². The lowest BCUT2D eigenvalue weighted by molar-refractivity contribution is 0.168. The van der Waals surface area contributed by atoms with Gasteiger partial charge in [-0.25, -0.2) is 4.79 Å². The summed E-state index contributed by atoms with van der Waals surface area (Å²) in [5, 5.41) is 0. The molecule has 0 aliphatic heterocycles. The molecule has 1 aromatic heterocycles. The molecular weight excluding hydrogens is 162 g/mol. The van der Waals surface area contributed by atoms with Crippen LogP contribution in [0.4, 0.5) is 4.79 Å². The first-order valence-corrected chi connectivity index (χ1v) is 4.53. The summed E-state index contributed by atoms with van der Waals surface area (Å²) in [6.45, 7) is 0. The van der Waals surface area contributed by atoms with Crippen molar-refractivity contribution in [3.8, 4) is 0 Å². The molecule has 1 rings (SSSR count). The number of nitrogens with zero attached hydrogens (tertiary/aromatic N) is 1. The number of thioether (sulfide) groups is 1. The molecule has 1 aromatic rings. The number of aromatic nitrogens is 1. The van der Waals surface area contributed by atoms with E-state index in [0.29, 0.717) is 5.94 Å². The van der Waals surface area contributed by atoms with Gasteiger partial charge in [0.05, 0.1) is 0 Å². The fourth-order valence-electron chi connectivity index (χ4n) is 0.640. The fraction of sp³-hybridized carbons (Fsp3) is 0.286. The van der Waals surface area contributed by atoms with Crippen molar-refractivity contribution in [1.82, 2.24) is 4.57 Å². The van der Waals surface area contributed by atoms with Crippen LogP contribution in [0.3, 0.4) is 0 Å². The maximum absolute atomic E-state index is 11.0. The number of ether oxygens (including phenoxy) is 1. The monoisotopic (exact) mass is 171 g/mol. The summed E-state index contributed by atoms with van der Waals surface area (Å²) in [7, 11) is 0. The van der Waals surface area contributed by atoms with Crippen LogP contribution < -0.4 is 0 Å². The molecule has 1 heterocycles. The minimum atomic E-state index is -0.329. The van der Waals surface area contributed by atoms with Gasteiger partial charge in [-0.3, -0.25) is 4.57 Å². The number of rotatable bonds is 2. The Balaban J connectivity index is 2.43. The molecule has 0 saturated heterocycles. The number of carbonyl (C=O) groups is 1. The SMILES string of the molecule is CSCOC(=O)n1cccc1. The van der Waals surface area contributed by atoms with Crippen molar-refractivity contribution in [3.63, 3.8) is 0 Å². The second-order valence-electron chi connectivity index (χ2n) is 1.91. The predicted molar refractivity (Wildman–Crippen MR) is 44.7 cm³/mol. The van der Waals surface area contributed by atoms with E-state index in [2.05, 4.69) is 0 Å². The fourth-order valence-corrected chi connectivity index (χ4v) is 0.859. The average Bonchev–Trinajstić information content (AvgIpc) is 2.52. The summed E-state index contributed by atoms with van der Waals surface area (Å²) >= 11 is 1.47. The molecule has 0 saturated carbocycles. The van der Waals surface area contributed by atoms with E-state index in [1.54, 1.807) is 24.5 Å². The minimum Gasteiger partial charge on any atom is -0.438 e. The Hall–Kier alpha value is -0.900. The molecular formula is C7H9NO2S. The molecule has 0 amide bonds. The van der Waals surface area contributed by atoms with E-state index in [0.717, 1.165) is 0 Å². The highest BCUT2D eigenvalue weighted by molar-refractivity contribution is 7.98. The standard InChI is InChI=1S/C7H9NO2S/c1-11-6-10-7(9)8-4-2-3-5-8/h2-5H,6H2,1H3. The van der Waals surface area contributed by atoms with Crippen LogP contribution >= 0.6 is 11.8 Å². The maximum Gasteiger partial charge on any atom is 0.418 e. The second-order valence-corrected chi connectivity index (χ2v) is 2.72. The summed E-state index contributed by atoms with van der Waals surface area (Å²) in [4.78, 5) is 11.0. The first-order chi connectivity index (χ1) is 5.34. The van der Waals surface area contributed by atoms with E-state index in [9.17, 15) is 4.79 Å². The van der Waals surface area contributed by atoms with Gasteiger partial charge in [0.1, 0.15) is 5.94 Å². The van der Waals surface area contributed by atoms with Gasteiger partial charge < -0.3 is 4.74 Å². The van der Waals surface area contributed by atoms with E-state index in [4.69, 9.17) is 4.74 Å². The Kier molecular flexibility index (Phi) is 3.04. The molecule has 4 heteroatoms. The van der Waals surface area contributed by atoms with Gasteiger partial charge in [0, 0.05) is 12.4 Å². The largest absolute Gasteiger partial charge is 0.438 e. The zero-order valence-corrected chi connectivity index (χ0v) is 7.00. The third-order valence-electron chi connectivity index (χ3n) is 1.12. The lowest BCUT2D eigenvalue weighted by atomic mass is 10.7. The summed E-state index contributed by atoms with van der Waals surface area (Å²) < 4.78 is 6.22. The van der Waals surface area contributed by atoms with Gasteiger partial charge in [-0.05, 0) is 18.4 Å². The van der Waals surface area contributed by atoms with Gasteiger partial charge >= 0.3 is 6.09 Å². The molecule has 0 spiro atoms. The van der Waals surface area contributed by atoms with Gasteiger partial charge in [-0.15, -0.1) is 11.8 Å². The summed E-state index contributed by atoms with van der Waals surface area (Å²) in [6.07, 6.45) is 4.86. The molecule has 0 aliphatic rings. The quantitative estimate of drug-likeness (QED) is 0.636. The molecule has 0 atom stereocenters. The van der Waals surface area contributed by atoms with E-state index < -0.39 is 0 Å². The average molecular weight is 171 g/mol. The molecule has 3 nitrogen and oxygen atoms in total. The van der Waals surface area contributed by atoms with Crippen LogP contribution in [-0.2, 0) is 4.74 Å². The van der Waals surface area contributed by atoms with Crippen molar-refractivity contribution in [2.45, 2.75) is 0 Å². The zero-order chi connectivity index (χ0) is 8.10. The third-order valence-corrected chi connectivity index (χ3v) is 1.47. The lowest BCUT2D eigenvalue weighted by Gasteiger charge is -2.01. The van der Waals surface area contributed by atoms with E-state index in [1.165, 1.54) is 16.3 Å². The van der Waals surface area contributed by atoms with Crippen molar-refractivity contribution < 1.29 is 9.53 Å². The summed E-state index contributed by atoms with van der Waals surface area (Å²) in [5.41, 5.74) is 0. The Bertz CT molecular complexity index is 220. The predicted octanol–water partition coefficient (Wildman–Crippen LogP) is 1.79. The van der Waals surface area contributed by atoms with Gasteiger partial charge in [-0.1, -0.05) is 0 Å². The normalized spacial score (nSPS) is 9.55. The van der Waals surface area contributed by atoms with Gasteiger partial charge in [0.2, 0.25) is 0 Å². The highest BCUT2D eigenvalue weighted by atomic mass is 32.2. The molecule has 0 aliphatic carbocycles. The Morgan fingerprint density at radius 3 is 2.73 bits per heavy atom. The molecule has 0 fully saturated rings. The minimum absolute atomic E-state index is 0.329. The zero-order valence-electron chi connectivity index (χ0n) is 6.19. The van der Waals surface area contributed by atoms with Crippen molar-refractivity contribution in [1.29, 1.82) is 0 Å². The molecule has 0 N–H and O–H groups in total. The first-order valence-electron chi connectivity index (χ1n) is 3.13. The first kappa shape index (κ1) is 8.20. The topological polar surface area (TPSA) is 31.2 Å². The van der Waals surface area contributed by atoms with Crippen molar-refractivity contribution in [3.05, 3.63) is 24.5 Å². The molecule has 0 radical (unpaired) electrons. The summed E-state index contributed by atoms with van der Waals surface area (Å²) in [6, 6.07) is 3.56. The Labute approximate surface area is 69.3 Å². The van der Waals surface area contributed by atoms with Crippen LogP contribution in [0.2, 0.25) is 0 Å². The van der Waals surface area contributed by atoms with Crippen molar-refractivity contribution >= 4 is 17.9 Å². The van der Waals surface area contributed by atoms with Crippen LogP contribution in [0.15, 0.2) is 24.5 Å². The third kappa shape index (κ3) is 2.31. The number of hydrogen-bond acceptors (Lipinski definition) is 3. The smallest absolute Gasteiger partial charge is 0.418 e. The number of carbonyl (C=O) groups excluding carboxylic acids is 1. The molecule has 0 bridgehead atoms. The molecule has 0 unspecified atom stereocenters. The van der Waals surface area contributed by atoms with Crippen LogP contribution in [0.5, 0.6) is 0 Å². The Morgan fingerprint density at radius 2 is 2.18 bits per heavy atom. The van der Waals surface area contributed by atoms with E-state index >= 15 is 0 Å². The van der Waals surface area contributed by atoms with E-state index in [1.807, 2.05) is 6.26 Å². The highest BCUT2D eigenvalue weighted by Gasteiger charge is 2.01. The summed E-state index contributed by atoms with van der Waals surface area (Å²) in [5.74, 6) is 0.400. The highest BCUT2D eigenvalue weighted by Crippen LogP contribution is 1.97. The van der Waals surface area contributed by atoms with Crippen molar-refractivity contribution in [2.24, 2.45) is 0 Å². The molecule has 60 valence electrons. The van der Waals surface area contributed by atoms with Gasteiger partial charge in [-0.2, -0.15) is 0 Å². The Morgan fingerprint density at radius 1 is 1.55 bits per heavy atom. The lowest BCUT2D eigenvalue weighted by Crippen LogP contribution is -2.10. The van der Waals surface area contributed by atoms with Crippen LogP contribution in [-0.4, -0.2) is 22.9 Å². The maximum atomic E-state index is 11.0. The molecule has 0 aromatic carbocycles. The second kappa shape index (κ2) is 4.08.